The molecule has 0 fully saturated rings. The van der Waals surface area contributed by atoms with Crippen molar-refractivity contribution >= 4 is 22.4 Å². The van der Waals surface area contributed by atoms with Crippen molar-refractivity contribution in [2.75, 3.05) is 6.61 Å². The maximum absolute atomic E-state index is 13.3. The van der Waals surface area contributed by atoms with Gasteiger partial charge in [0.05, 0.1) is 22.5 Å². The van der Waals surface area contributed by atoms with Gasteiger partial charge in [-0.2, -0.15) is 14.6 Å². The Morgan fingerprint density at radius 2 is 1.63 bits per heavy atom. The lowest BCUT2D eigenvalue weighted by molar-refractivity contribution is 0.309. The van der Waals surface area contributed by atoms with E-state index in [1.807, 2.05) is 102 Å². The van der Waals surface area contributed by atoms with Crippen molar-refractivity contribution in [1.82, 2.24) is 24.4 Å². The monoisotopic (exact) mass is 519 g/mol. The molecule has 0 aliphatic rings. The van der Waals surface area contributed by atoms with Crippen molar-refractivity contribution in [3.63, 3.8) is 0 Å². The Bertz CT molecular complexity index is 1790. The van der Waals surface area contributed by atoms with Gasteiger partial charge in [0, 0.05) is 22.9 Å². The van der Waals surface area contributed by atoms with Gasteiger partial charge in [-0.05, 0) is 48.9 Å². The van der Waals surface area contributed by atoms with Crippen LogP contribution in [-0.4, -0.2) is 31.0 Å². The van der Waals surface area contributed by atoms with Crippen molar-refractivity contribution in [2.45, 2.75) is 19.8 Å². The predicted octanol–water partition coefficient (Wildman–Crippen LogP) is 5.40. The fourth-order valence-corrected chi connectivity index (χ4v) is 5.06. The molecule has 38 heavy (non-hydrogen) atoms. The molecule has 3 aromatic heterocycles. The van der Waals surface area contributed by atoms with E-state index in [1.54, 1.807) is 0 Å². The highest BCUT2D eigenvalue weighted by Gasteiger charge is 2.15. The molecule has 6 aromatic rings. The number of unbranched alkanes of at least 4 members (excludes halogenated alkanes) is 1. The van der Waals surface area contributed by atoms with Crippen LogP contribution in [0.5, 0.6) is 5.75 Å². The lowest BCUT2D eigenvalue weighted by atomic mass is 10.1. The third kappa shape index (κ3) is 4.73. The van der Waals surface area contributed by atoms with Gasteiger partial charge in [-0.25, -0.2) is 4.68 Å². The van der Waals surface area contributed by atoms with Crippen molar-refractivity contribution in [3.05, 3.63) is 112 Å². The van der Waals surface area contributed by atoms with Crippen LogP contribution < -0.4 is 14.8 Å². The Balaban J connectivity index is 1.36. The second-order valence-corrected chi connectivity index (χ2v) is 9.86. The quantitative estimate of drug-likeness (QED) is 0.252. The van der Waals surface area contributed by atoms with Crippen LogP contribution in [-0.2, 0) is 0 Å². The second kappa shape index (κ2) is 10.4. The van der Waals surface area contributed by atoms with Crippen molar-refractivity contribution in [3.8, 4) is 34.1 Å². The van der Waals surface area contributed by atoms with E-state index < -0.39 is 0 Å². The molecule has 0 aliphatic carbocycles. The number of aromatic nitrogens is 5. The second-order valence-electron chi connectivity index (χ2n) is 8.85. The third-order valence-corrected chi connectivity index (χ3v) is 7.12. The number of ether oxygens (including phenoxy) is 1. The van der Waals surface area contributed by atoms with Gasteiger partial charge < -0.3 is 4.74 Å². The summed E-state index contributed by atoms with van der Waals surface area (Å²) in [5.74, 6) is 1.33. The zero-order chi connectivity index (χ0) is 25.9. The van der Waals surface area contributed by atoms with Gasteiger partial charge in [-0.1, -0.05) is 73.2 Å². The first-order valence-corrected chi connectivity index (χ1v) is 13.4. The maximum Gasteiger partial charge on any atom is 0.291 e. The smallest absolute Gasteiger partial charge is 0.291 e. The van der Waals surface area contributed by atoms with Crippen LogP contribution in [0.25, 0.3) is 39.4 Å². The Hall–Kier alpha value is -4.56. The zero-order valence-electron chi connectivity index (χ0n) is 20.8. The molecule has 3 heterocycles. The molecule has 0 atom stereocenters. The molecule has 0 spiro atoms. The number of rotatable bonds is 8. The molecule has 0 bridgehead atoms. The van der Waals surface area contributed by atoms with Gasteiger partial charge in [0.15, 0.2) is 5.82 Å². The molecule has 3 aromatic carbocycles. The van der Waals surface area contributed by atoms with Crippen LogP contribution in [0, 0.1) is 0 Å². The SMILES string of the molecule is CCCCOc1ccc(-c2nc3s/c(=C\c4cn(-c5ccccc5)nc4-c4ccccc4)c(=O)n3n2)cc1. The van der Waals surface area contributed by atoms with Gasteiger partial charge in [-0.15, -0.1) is 5.10 Å². The number of para-hydroxylation sites is 1. The van der Waals surface area contributed by atoms with Crippen LogP contribution >= 0.6 is 11.3 Å². The van der Waals surface area contributed by atoms with Gasteiger partial charge in [0.2, 0.25) is 4.96 Å². The fraction of sp³-hybridized carbons (Fsp3) is 0.133. The maximum atomic E-state index is 13.3. The summed E-state index contributed by atoms with van der Waals surface area (Å²) in [5, 5.41) is 9.35. The summed E-state index contributed by atoms with van der Waals surface area (Å²) in [4.78, 5) is 18.5. The van der Waals surface area contributed by atoms with Crippen molar-refractivity contribution < 1.29 is 4.74 Å². The molecule has 0 N–H and O–H groups in total. The van der Waals surface area contributed by atoms with E-state index in [-0.39, 0.29) is 5.56 Å². The van der Waals surface area contributed by atoms with E-state index >= 15 is 0 Å². The minimum Gasteiger partial charge on any atom is -0.494 e. The largest absolute Gasteiger partial charge is 0.494 e. The number of thiazole rings is 1. The van der Waals surface area contributed by atoms with Crippen LogP contribution in [0.3, 0.4) is 0 Å². The van der Waals surface area contributed by atoms with Crippen LogP contribution in [0.4, 0.5) is 0 Å². The molecular formula is C30H25N5O2S. The van der Waals surface area contributed by atoms with E-state index in [2.05, 4.69) is 17.0 Å². The summed E-state index contributed by atoms with van der Waals surface area (Å²) in [5.41, 5.74) is 4.21. The first-order valence-electron chi connectivity index (χ1n) is 12.5. The topological polar surface area (TPSA) is 74.3 Å². The first kappa shape index (κ1) is 23.8. The molecule has 0 saturated carbocycles. The summed E-state index contributed by atoms with van der Waals surface area (Å²) >= 11 is 1.32. The van der Waals surface area contributed by atoms with Gasteiger partial charge in [-0.3, -0.25) is 4.79 Å². The molecule has 0 saturated heterocycles. The predicted molar refractivity (Wildman–Crippen MR) is 151 cm³/mol. The zero-order valence-corrected chi connectivity index (χ0v) is 21.6. The summed E-state index contributed by atoms with van der Waals surface area (Å²) < 4.78 is 9.50. The van der Waals surface area contributed by atoms with E-state index in [4.69, 9.17) is 9.84 Å². The average molecular weight is 520 g/mol. The number of benzene rings is 3. The molecule has 188 valence electrons. The van der Waals surface area contributed by atoms with Crippen LogP contribution in [0.1, 0.15) is 25.3 Å². The lowest BCUT2D eigenvalue weighted by Gasteiger charge is -2.05. The Morgan fingerprint density at radius 3 is 2.34 bits per heavy atom. The summed E-state index contributed by atoms with van der Waals surface area (Å²) in [7, 11) is 0. The standard InChI is InChI=1S/C30H25N5O2S/c1-2-3-18-37-25-16-14-22(15-17-25)28-31-30-35(33-28)29(36)26(38-30)19-23-20-34(24-12-8-5-9-13-24)32-27(23)21-10-6-4-7-11-21/h4-17,19-20H,2-3,18H2,1H3/b26-19-. The highest BCUT2D eigenvalue weighted by molar-refractivity contribution is 7.15. The Kier molecular flexibility index (Phi) is 6.54. The van der Waals surface area contributed by atoms with Crippen molar-refractivity contribution in [2.24, 2.45) is 0 Å². The fourth-order valence-electron chi connectivity index (χ4n) is 4.16. The number of hydrogen-bond donors (Lipinski definition) is 0. The van der Waals surface area contributed by atoms with E-state index in [0.717, 1.165) is 46.7 Å². The Morgan fingerprint density at radius 1 is 0.895 bits per heavy atom. The normalized spacial score (nSPS) is 11.9. The minimum absolute atomic E-state index is 0.199. The van der Waals surface area contributed by atoms with E-state index in [9.17, 15) is 4.79 Å². The van der Waals surface area contributed by atoms with E-state index in [0.29, 0.717) is 21.9 Å². The number of nitrogens with zero attached hydrogens (tertiary/aromatic N) is 5. The molecule has 0 radical (unpaired) electrons. The highest BCUT2D eigenvalue weighted by Crippen LogP contribution is 2.25. The third-order valence-electron chi connectivity index (χ3n) is 6.16. The number of fused-ring (bicyclic) bond motifs is 1. The lowest BCUT2D eigenvalue weighted by Crippen LogP contribution is -2.23. The van der Waals surface area contributed by atoms with E-state index in [1.165, 1.54) is 15.9 Å². The molecular weight excluding hydrogens is 494 g/mol. The Labute approximate surface area is 223 Å². The molecule has 8 heteroatoms. The molecule has 0 amide bonds. The minimum atomic E-state index is -0.199. The van der Waals surface area contributed by atoms with Gasteiger partial charge in [0.25, 0.3) is 5.56 Å². The van der Waals surface area contributed by atoms with Crippen LogP contribution in [0.15, 0.2) is 95.9 Å². The molecule has 6 rings (SSSR count). The van der Waals surface area contributed by atoms with Gasteiger partial charge >= 0.3 is 0 Å². The summed E-state index contributed by atoms with van der Waals surface area (Å²) in [6.07, 6.45) is 5.93. The average Bonchev–Trinajstić information content (AvgIpc) is 3.65. The summed E-state index contributed by atoms with van der Waals surface area (Å²) in [6.45, 7) is 2.83. The molecule has 0 aliphatic heterocycles. The molecule has 7 nitrogen and oxygen atoms in total. The first-order chi connectivity index (χ1) is 18.7. The molecule has 0 unspecified atom stereocenters. The van der Waals surface area contributed by atoms with Gasteiger partial charge in [0.1, 0.15) is 5.75 Å². The van der Waals surface area contributed by atoms with Crippen molar-refractivity contribution in [1.29, 1.82) is 0 Å². The van der Waals surface area contributed by atoms with Crippen LogP contribution in [0.2, 0.25) is 0 Å². The summed E-state index contributed by atoms with van der Waals surface area (Å²) in [6, 6.07) is 27.5. The highest BCUT2D eigenvalue weighted by atomic mass is 32.1. The number of hydrogen-bond acceptors (Lipinski definition) is 6.